The highest BCUT2D eigenvalue weighted by Crippen LogP contribution is 2.32. The Morgan fingerprint density at radius 1 is 1.32 bits per heavy atom. The lowest BCUT2D eigenvalue weighted by atomic mass is 10.2. The van der Waals surface area contributed by atoms with Crippen LogP contribution in [0.25, 0.3) is 0 Å². The molecule has 0 atom stereocenters. The Hall–Kier alpha value is -1.47. The molecule has 2 aromatic rings. The average molecular weight is 388 g/mol. The highest BCUT2D eigenvalue weighted by atomic mass is 79.9. The lowest BCUT2D eigenvalue weighted by Gasteiger charge is -2.07. The lowest BCUT2D eigenvalue weighted by molar-refractivity contribution is -0.386. The summed E-state index contributed by atoms with van der Waals surface area (Å²) in [5, 5.41) is 10.9. The number of benzene rings is 1. The number of hydrogen-bond donors (Lipinski definition) is 0. The molecule has 1 aromatic heterocycles. The number of aryl methyl sites for hydroxylation is 1. The van der Waals surface area contributed by atoms with Gasteiger partial charge in [-0.25, -0.2) is 4.98 Å². The second-order valence-corrected chi connectivity index (χ2v) is 5.52. The van der Waals surface area contributed by atoms with Crippen LogP contribution < -0.4 is 4.74 Å². The van der Waals surface area contributed by atoms with Crippen LogP contribution in [0.5, 0.6) is 11.6 Å². The Labute approximate surface area is 126 Å². The minimum Gasteiger partial charge on any atom is -0.434 e. The van der Waals surface area contributed by atoms with Gasteiger partial charge in [-0.2, -0.15) is 0 Å². The van der Waals surface area contributed by atoms with Crippen molar-refractivity contribution < 1.29 is 9.66 Å². The molecule has 2 rings (SSSR count). The van der Waals surface area contributed by atoms with Crippen LogP contribution in [0, 0.1) is 17.0 Å². The van der Waals surface area contributed by atoms with Gasteiger partial charge in [0.1, 0.15) is 5.75 Å². The standard InChI is InChI=1S/C12H8Br2N2O3/c1-7-4-9(2-3-10(7)14)19-12-11(16(17)18)5-8(13)6-15-12/h2-6H,1H3. The fourth-order valence-corrected chi connectivity index (χ4v) is 1.98. The van der Waals surface area contributed by atoms with Gasteiger partial charge in [-0.3, -0.25) is 10.1 Å². The van der Waals surface area contributed by atoms with Crippen LogP contribution in [-0.4, -0.2) is 9.91 Å². The average Bonchev–Trinajstić information content (AvgIpc) is 2.36. The van der Waals surface area contributed by atoms with Crippen molar-refractivity contribution in [2.24, 2.45) is 0 Å². The number of aromatic nitrogens is 1. The molecule has 0 spiro atoms. The Morgan fingerprint density at radius 2 is 2.05 bits per heavy atom. The third kappa shape index (κ3) is 3.30. The van der Waals surface area contributed by atoms with E-state index in [9.17, 15) is 10.1 Å². The molecule has 0 saturated heterocycles. The van der Waals surface area contributed by atoms with E-state index in [2.05, 4.69) is 36.8 Å². The Balaban J connectivity index is 2.37. The monoisotopic (exact) mass is 386 g/mol. The van der Waals surface area contributed by atoms with Gasteiger partial charge in [-0.1, -0.05) is 15.9 Å². The maximum absolute atomic E-state index is 10.9. The fraction of sp³-hybridized carbons (Fsp3) is 0.0833. The van der Waals surface area contributed by atoms with E-state index >= 15 is 0 Å². The second kappa shape index (κ2) is 5.66. The quantitative estimate of drug-likeness (QED) is 0.569. The molecule has 0 aliphatic heterocycles. The number of pyridine rings is 1. The molecule has 0 saturated carbocycles. The number of halogens is 2. The van der Waals surface area contributed by atoms with Gasteiger partial charge in [0.15, 0.2) is 0 Å². The minimum atomic E-state index is -0.529. The summed E-state index contributed by atoms with van der Waals surface area (Å²) in [6, 6.07) is 6.66. The van der Waals surface area contributed by atoms with Gasteiger partial charge in [-0.05, 0) is 46.6 Å². The molecule has 0 aliphatic carbocycles. The van der Waals surface area contributed by atoms with E-state index in [1.54, 1.807) is 12.1 Å². The molecular weight excluding hydrogens is 380 g/mol. The van der Waals surface area contributed by atoms with E-state index in [-0.39, 0.29) is 11.6 Å². The highest BCUT2D eigenvalue weighted by Gasteiger charge is 2.18. The normalized spacial score (nSPS) is 10.3. The van der Waals surface area contributed by atoms with Crippen molar-refractivity contribution >= 4 is 37.5 Å². The van der Waals surface area contributed by atoms with Crippen LogP contribution in [-0.2, 0) is 0 Å². The van der Waals surface area contributed by atoms with E-state index in [0.29, 0.717) is 10.2 Å². The summed E-state index contributed by atoms with van der Waals surface area (Å²) in [4.78, 5) is 14.3. The largest absolute Gasteiger partial charge is 0.434 e. The van der Waals surface area contributed by atoms with Crippen LogP contribution in [0.15, 0.2) is 39.4 Å². The topological polar surface area (TPSA) is 65.3 Å². The molecule has 19 heavy (non-hydrogen) atoms. The van der Waals surface area contributed by atoms with Crippen LogP contribution in [0.2, 0.25) is 0 Å². The molecule has 1 aromatic carbocycles. The molecule has 5 nitrogen and oxygen atoms in total. The van der Waals surface area contributed by atoms with E-state index in [4.69, 9.17) is 4.74 Å². The summed E-state index contributed by atoms with van der Waals surface area (Å²) in [5.74, 6) is 0.466. The first kappa shape index (κ1) is 14.0. The number of rotatable bonds is 3. The Morgan fingerprint density at radius 3 is 2.68 bits per heavy atom. The summed E-state index contributed by atoms with van der Waals surface area (Å²) in [7, 11) is 0. The Bertz CT molecular complexity index is 647. The van der Waals surface area contributed by atoms with Gasteiger partial charge in [0.25, 0.3) is 5.88 Å². The minimum absolute atomic E-state index is 0.0325. The van der Waals surface area contributed by atoms with Crippen LogP contribution in [0.4, 0.5) is 5.69 Å². The fourth-order valence-electron chi connectivity index (χ4n) is 1.42. The molecule has 0 amide bonds. The summed E-state index contributed by atoms with van der Waals surface area (Å²) >= 11 is 6.52. The number of ether oxygens (including phenoxy) is 1. The number of hydrogen-bond acceptors (Lipinski definition) is 4. The molecule has 0 aliphatic rings. The van der Waals surface area contributed by atoms with E-state index in [1.807, 2.05) is 13.0 Å². The molecule has 98 valence electrons. The van der Waals surface area contributed by atoms with Crippen molar-refractivity contribution in [2.45, 2.75) is 6.92 Å². The van der Waals surface area contributed by atoms with Crippen LogP contribution in [0.3, 0.4) is 0 Å². The zero-order chi connectivity index (χ0) is 14.0. The first-order valence-corrected chi connectivity index (χ1v) is 6.80. The van der Waals surface area contributed by atoms with Gasteiger partial charge in [0.2, 0.25) is 0 Å². The first-order chi connectivity index (χ1) is 8.97. The van der Waals surface area contributed by atoms with Crippen molar-refractivity contribution in [1.29, 1.82) is 0 Å². The van der Waals surface area contributed by atoms with Crippen LogP contribution >= 0.6 is 31.9 Å². The maximum atomic E-state index is 10.9. The van der Waals surface area contributed by atoms with Crippen molar-refractivity contribution in [3.8, 4) is 11.6 Å². The first-order valence-electron chi connectivity index (χ1n) is 5.21. The summed E-state index contributed by atoms with van der Waals surface area (Å²) in [5.41, 5.74) is 0.784. The highest BCUT2D eigenvalue weighted by molar-refractivity contribution is 9.10. The van der Waals surface area contributed by atoms with Crippen molar-refractivity contribution in [2.75, 3.05) is 0 Å². The van der Waals surface area contributed by atoms with Gasteiger partial charge >= 0.3 is 5.69 Å². The SMILES string of the molecule is Cc1cc(Oc2ncc(Br)cc2[N+](=O)[O-])ccc1Br. The molecule has 0 fully saturated rings. The van der Waals surface area contributed by atoms with Gasteiger partial charge < -0.3 is 4.74 Å². The Kier molecular flexibility index (Phi) is 4.16. The molecule has 0 unspecified atom stereocenters. The molecule has 0 bridgehead atoms. The second-order valence-electron chi connectivity index (χ2n) is 3.75. The van der Waals surface area contributed by atoms with E-state index in [1.165, 1.54) is 12.3 Å². The number of nitrogens with zero attached hydrogens (tertiary/aromatic N) is 2. The third-order valence-corrected chi connectivity index (χ3v) is 3.66. The van der Waals surface area contributed by atoms with Gasteiger partial charge in [0, 0.05) is 21.2 Å². The van der Waals surface area contributed by atoms with Crippen molar-refractivity contribution in [3.63, 3.8) is 0 Å². The smallest absolute Gasteiger partial charge is 0.332 e. The predicted octanol–water partition coefficient (Wildman–Crippen LogP) is 4.62. The lowest BCUT2D eigenvalue weighted by Crippen LogP contribution is -1.96. The molecule has 0 N–H and O–H groups in total. The van der Waals surface area contributed by atoms with Gasteiger partial charge in [-0.15, -0.1) is 0 Å². The van der Waals surface area contributed by atoms with Crippen molar-refractivity contribution in [1.82, 2.24) is 4.98 Å². The molecule has 0 radical (unpaired) electrons. The van der Waals surface area contributed by atoms with E-state index in [0.717, 1.165) is 10.0 Å². The van der Waals surface area contributed by atoms with Crippen molar-refractivity contribution in [3.05, 3.63) is 55.1 Å². The van der Waals surface area contributed by atoms with Gasteiger partial charge in [0.05, 0.1) is 4.92 Å². The zero-order valence-corrected chi connectivity index (χ0v) is 12.9. The van der Waals surface area contributed by atoms with E-state index < -0.39 is 4.92 Å². The molecular formula is C12H8Br2N2O3. The zero-order valence-electron chi connectivity index (χ0n) is 9.76. The summed E-state index contributed by atoms with van der Waals surface area (Å²) < 4.78 is 6.94. The van der Waals surface area contributed by atoms with Crippen LogP contribution in [0.1, 0.15) is 5.56 Å². The number of nitro groups is 1. The predicted molar refractivity (Wildman–Crippen MR) is 77.5 cm³/mol. The molecule has 1 heterocycles. The third-order valence-electron chi connectivity index (χ3n) is 2.34. The molecule has 7 heteroatoms. The summed E-state index contributed by atoms with van der Waals surface area (Å²) in [6.45, 7) is 1.90. The maximum Gasteiger partial charge on any atom is 0.332 e. The summed E-state index contributed by atoms with van der Waals surface area (Å²) in [6.07, 6.45) is 1.45.